The summed E-state index contributed by atoms with van der Waals surface area (Å²) in [5.74, 6) is -1.53. The summed E-state index contributed by atoms with van der Waals surface area (Å²) < 4.78 is 0. The lowest BCUT2D eigenvalue weighted by Crippen LogP contribution is -2.13. The van der Waals surface area contributed by atoms with Gasteiger partial charge in [0.25, 0.3) is 0 Å². The van der Waals surface area contributed by atoms with Crippen molar-refractivity contribution in [3.8, 4) is 0 Å². The molecule has 2 rings (SSSR count). The summed E-state index contributed by atoms with van der Waals surface area (Å²) >= 11 is 0. The number of carboxylic acids is 1. The largest absolute Gasteiger partial charge is 0.478 e. The van der Waals surface area contributed by atoms with Gasteiger partial charge < -0.3 is 10.4 Å². The molecule has 0 unspecified atom stereocenters. The second kappa shape index (κ2) is 6.52. The van der Waals surface area contributed by atoms with E-state index in [0.717, 1.165) is 11.6 Å². The molecule has 2 N–H and O–H groups in total. The van der Waals surface area contributed by atoms with Crippen LogP contribution in [0.1, 0.15) is 15.9 Å². The third kappa shape index (κ3) is 4.04. The van der Waals surface area contributed by atoms with Crippen molar-refractivity contribution >= 4 is 17.4 Å². The second-order valence-corrected chi connectivity index (χ2v) is 4.58. The number of hydrogen-bond acceptors (Lipinski definition) is 3. The highest BCUT2D eigenvalue weighted by atomic mass is 16.4. The number of hydrogen-bond donors (Lipinski definition) is 2. The van der Waals surface area contributed by atoms with Crippen LogP contribution in [0.25, 0.3) is 0 Å². The van der Waals surface area contributed by atoms with Crippen molar-refractivity contribution in [1.29, 1.82) is 0 Å². The molecule has 0 aliphatic heterocycles. The molecule has 0 aromatic heterocycles. The zero-order valence-corrected chi connectivity index (χ0v) is 11.5. The maximum Gasteiger partial charge on any atom is 0.330 e. The smallest absolute Gasteiger partial charge is 0.330 e. The number of aliphatic carboxylic acids is 1. The van der Waals surface area contributed by atoms with Crippen LogP contribution in [-0.2, 0) is 4.79 Å². The zero-order chi connectivity index (χ0) is 15.2. The van der Waals surface area contributed by atoms with Gasteiger partial charge in [0.05, 0.1) is 11.8 Å². The van der Waals surface area contributed by atoms with Crippen LogP contribution in [-0.4, -0.2) is 16.9 Å². The fraction of sp³-hybridized carbons (Fsp3) is 0.0588. The van der Waals surface area contributed by atoms with Gasteiger partial charge in [-0.05, 0) is 19.1 Å². The highest BCUT2D eigenvalue weighted by molar-refractivity contribution is 6.12. The molecule has 2 aromatic rings. The number of carbonyl (C=O) groups is 2. The van der Waals surface area contributed by atoms with Crippen LogP contribution in [0.15, 0.2) is 66.4 Å². The lowest BCUT2D eigenvalue weighted by molar-refractivity contribution is -0.131. The van der Waals surface area contributed by atoms with E-state index in [2.05, 4.69) is 5.32 Å². The maximum absolute atomic E-state index is 12.4. The minimum Gasteiger partial charge on any atom is -0.478 e. The molecule has 4 heteroatoms. The van der Waals surface area contributed by atoms with Gasteiger partial charge in [0, 0.05) is 11.3 Å². The number of allylic oxidation sites excluding steroid dienone is 1. The minimum absolute atomic E-state index is 0.0255. The average molecular weight is 281 g/mol. The molecular weight excluding hydrogens is 266 g/mol. The monoisotopic (exact) mass is 281 g/mol. The topological polar surface area (TPSA) is 66.4 Å². The van der Waals surface area contributed by atoms with Crippen molar-refractivity contribution in [2.24, 2.45) is 0 Å². The molecule has 0 heterocycles. The predicted octanol–water partition coefficient (Wildman–Crippen LogP) is 3.26. The van der Waals surface area contributed by atoms with E-state index in [-0.39, 0.29) is 11.5 Å². The third-order valence-corrected chi connectivity index (χ3v) is 2.88. The highest BCUT2D eigenvalue weighted by Crippen LogP contribution is 2.15. The van der Waals surface area contributed by atoms with Crippen LogP contribution in [0, 0.1) is 6.92 Å². The van der Waals surface area contributed by atoms with Gasteiger partial charge in [0.1, 0.15) is 0 Å². The van der Waals surface area contributed by atoms with E-state index in [4.69, 9.17) is 5.11 Å². The number of nitrogens with one attached hydrogen (secondary N) is 1. The Balaban J connectivity index is 2.29. The van der Waals surface area contributed by atoms with Crippen LogP contribution in [0.5, 0.6) is 0 Å². The first kappa shape index (κ1) is 14.5. The van der Waals surface area contributed by atoms with Crippen LogP contribution < -0.4 is 5.32 Å². The second-order valence-electron chi connectivity index (χ2n) is 4.58. The van der Waals surface area contributed by atoms with Crippen LogP contribution >= 0.6 is 0 Å². The van der Waals surface area contributed by atoms with Gasteiger partial charge in [-0.25, -0.2) is 4.79 Å². The summed E-state index contributed by atoms with van der Waals surface area (Å²) in [7, 11) is 0. The molecule has 4 nitrogen and oxygen atoms in total. The fourth-order valence-electron chi connectivity index (χ4n) is 1.82. The van der Waals surface area contributed by atoms with E-state index < -0.39 is 5.97 Å². The van der Waals surface area contributed by atoms with Crippen molar-refractivity contribution in [2.75, 3.05) is 5.32 Å². The lowest BCUT2D eigenvalue weighted by atomic mass is 10.1. The molecule has 0 fully saturated rings. The number of carbonyl (C=O) groups excluding carboxylic acids is 1. The van der Waals surface area contributed by atoms with Crippen molar-refractivity contribution in [1.82, 2.24) is 0 Å². The van der Waals surface area contributed by atoms with E-state index in [1.165, 1.54) is 0 Å². The first-order chi connectivity index (χ1) is 10.1. The molecule has 106 valence electrons. The summed E-state index contributed by atoms with van der Waals surface area (Å²) in [6, 6.07) is 15.9. The van der Waals surface area contributed by atoms with E-state index in [1.807, 2.05) is 19.1 Å². The molecule has 0 amide bonds. The molecular formula is C17H15NO3. The van der Waals surface area contributed by atoms with Gasteiger partial charge in [-0.2, -0.15) is 0 Å². The summed E-state index contributed by atoms with van der Waals surface area (Å²) in [5, 5.41) is 11.8. The summed E-state index contributed by atoms with van der Waals surface area (Å²) in [6.07, 6.45) is 0.884. The number of rotatable bonds is 5. The summed E-state index contributed by atoms with van der Waals surface area (Å²) in [4.78, 5) is 23.3. The van der Waals surface area contributed by atoms with E-state index in [1.54, 1.807) is 42.5 Å². The molecule has 0 spiro atoms. The molecule has 0 saturated heterocycles. The molecule has 0 atom stereocenters. The summed E-state index contributed by atoms with van der Waals surface area (Å²) in [6.45, 7) is 1.95. The van der Waals surface area contributed by atoms with Gasteiger partial charge in [-0.15, -0.1) is 0 Å². The fourth-order valence-corrected chi connectivity index (χ4v) is 1.82. The summed E-state index contributed by atoms with van der Waals surface area (Å²) in [5.41, 5.74) is 2.21. The van der Waals surface area contributed by atoms with Gasteiger partial charge >= 0.3 is 5.97 Å². The minimum atomic E-state index is -1.17. The Morgan fingerprint density at radius 1 is 1.00 bits per heavy atom. The predicted molar refractivity (Wildman–Crippen MR) is 81.3 cm³/mol. The van der Waals surface area contributed by atoms with Crippen LogP contribution in [0.3, 0.4) is 0 Å². The van der Waals surface area contributed by atoms with Gasteiger partial charge in [-0.1, -0.05) is 48.0 Å². The zero-order valence-electron chi connectivity index (χ0n) is 11.5. The average Bonchev–Trinajstić information content (AvgIpc) is 2.48. The van der Waals surface area contributed by atoms with E-state index >= 15 is 0 Å². The molecule has 0 aliphatic carbocycles. The molecule has 21 heavy (non-hydrogen) atoms. The maximum atomic E-state index is 12.4. The Bertz CT molecular complexity index is 673. The van der Waals surface area contributed by atoms with Crippen molar-refractivity contribution in [2.45, 2.75) is 6.92 Å². The standard InChI is InChI=1S/C17H15NO3/c1-12-7-9-14(10-8-12)18-15(11-16(19)20)17(21)13-5-3-2-4-6-13/h2-11,18H,1H3,(H,19,20)/b15-11-. The SMILES string of the molecule is Cc1ccc(N/C(=C\C(=O)O)C(=O)c2ccccc2)cc1. The Labute approximate surface area is 122 Å². The number of Topliss-reactive ketones (excluding diaryl/α,β-unsaturated/α-hetero) is 1. The number of carboxylic acid groups (broad SMARTS) is 1. The molecule has 0 bridgehead atoms. The first-order valence-corrected chi connectivity index (χ1v) is 6.44. The quantitative estimate of drug-likeness (QED) is 0.652. The Morgan fingerprint density at radius 3 is 2.19 bits per heavy atom. The van der Waals surface area contributed by atoms with Crippen LogP contribution in [0.4, 0.5) is 5.69 Å². The lowest BCUT2D eigenvalue weighted by Gasteiger charge is -2.10. The van der Waals surface area contributed by atoms with Gasteiger partial charge in [0.2, 0.25) is 5.78 Å². The Morgan fingerprint density at radius 2 is 1.62 bits per heavy atom. The third-order valence-electron chi connectivity index (χ3n) is 2.88. The highest BCUT2D eigenvalue weighted by Gasteiger charge is 2.13. The van der Waals surface area contributed by atoms with Crippen LogP contribution in [0.2, 0.25) is 0 Å². The van der Waals surface area contributed by atoms with E-state index in [0.29, 0.717) is 11.3 Å². The number of aryl methyl sites for hydroxylation is 1. The molecule has 0 radical (unpaired) electrons. The number of anilines is 1. The molecule has 0 aliphatic rings. The van der Waals surface area contributed by atoms with Gasteiger partial charge in [-0.3, -0.25) is 4.79 Å². The number of ketones is 1. The Hall–Kier alpha value is -2.88. The van der Waals surface area contributed by atoms with Crippen molar-refractivity contribution in [3.63, 3.8) is 0 Å². The first-order valence-electron chi connectivity index (χ1n) is 6.44. The Kier molecular flexibility index (Phi) is 4.51. The molecule has 0 saturated carbocycles. The number of benzene rings is 2. The van der Waals surface area contributed by atoms with Gasteiger partial charge in [0.15, 0.2) is 0 Å². The van der Waals surface area contributed by atoms with Crippen molar-refractivity contribution < 1.29 is 14.7 Å². The normalized spacial score (nSPS) is 11.0. The van der Waals surface area contributed by atoms with E-state index in [9.17, 15) is 9.59 Å². The van der Waals surface area contributed by atoms with Crippen molar-refractivity contribution in [3.05, 3.63) is 77.5 Å². The molecule has 2 aromatic carbocycles.